The van der Waals surface area contributed by atoms with Gasteiger partial charge in [0.1, 0.15) is 0 Å². The Morgan fingerprint density at radius 3 is 1.51 bits per heavy atom. The molecule has 0 aliphatic heterocycles. The summed E-state index contributed by atoms with van der Waals surface area (Å²) in [6, 6.07) is 43.0. The molecule has 4 nitrogen and oxygen atoms in total. The second kappa shape index (κ2) is 10.6. The minimum absolute atomic E-state index is 0.258. The molecule has 0 atom stereocenters. The maximum absolute atomic E-state index is 12.0. The molecule has 0 amide bonds. The highest BCUT2D eigenvalue weighted by Gasteiger charge is 2.25. The first-order valence-corrected chi connectivity index (χ1v) is 14.1. The van der Waals surface area contributed by atoms with Gasteiger partial charge in [0.15, 0.2) is 0 Å². The molecule has 6 aromatic carbocycles. The average Bonchev–Trinajstić information content (AvgIpc) is 3.43. The molecule has 0 spiro atoms. The molecule has 4 heteroatoms. The van der Waals surface area contributed by atoms with E-state index in [0.717, 1.165) is 39.8 Å². The van der Waals surface area contributed by atoms with Crippen LogP contribution in [0, 0.1) is 0 Å². The topological polar surface area (TPSA) is 74.6 Å². The Balaban J connectivity index is 1.45. The Morgan fingerprint density at radius 1 is 0.442 bits per heavy atom. The smallest absolute Gasteiger partial charge is 0.336 e. The zero-order chi connectivity index (χ0) is 29.5. The van der Waals surface area contributed by atoms with Crippen LogP contribution in [0.5, 0.6) is 0 Å². The molecule has 0 saturated carbocycles. The number of fused-ring (bicyclic) bond motifs is 3. The van der Waals surface area contributed by atoms with E-state index in [1.165, 1.54) is 22.3 Å². The van der Waals surface area contributed by atoms with Crippen molar-refractivity contribution in [1.29, 1.82) is 0 Å². The van der Waals surface area contributed by atoms with Gasteiger partial charge in [-0.05, 0) is 97.4 Å². The summed E-state index contributed by atoms with van der Waals surface area (Å²) in [5.41, 5.74) is 12.5. The molecule has 0 saturated heterocycles. The normalized spacial score (nSPS) is 11.5. The fourth-order valence-corrected chi connectivity index (χ4v) is 6.32. The van der Waals surface area contributed by atoms with E-state index in [0.29, 0.717) is 11.1 Å². The van der Waals surface area contributed by atoms with E-state index in [-0.39, 0.29) is 11.1 Å². The number of hydrogen-bond donors (Lipinski definition) is 2. The minimum atomic E-state index is -0.963. The van der Waals surface area contributed by atoms with Crippen molar-refractivity contribution < 1.29 is 19.8 Å². The van der Waals surface area contributed by atoms with Gasteiger partial charge >= 0.3 is 11.9 Å². The molecule has 0 aromatic heterocycles. The summed E-state index contributed by atoms with van der Waals surface area (Å²) in [6.45, 7) is 0. The van der Waals surface area contributed by atoms with Crippen molar-refractivity contribution in [1.82, 2.24) is 0 Å². The molecule has 0 radical (unpaired) electrons. The second-order valence-electron chi connectivity index (χ2n) is 10.7. The predicted octanol–water partition coefficient (Wildman–Crippen LogP) is 9.32. The van der Waals surface area contributed by atoms with Gasteiger partial charge in [-0.3, -0.25) is 0 Å². The van der Waals surface area contributed by atoms with Crippen LogP contribution < -0.4 is 0 Å². The van der Waals surface area contributed by atoms with E-state index >= 15 is 0 Å². The highest BCUT2D eigenvalue weighted by Crippen LogP contribution is 2.47. The van der Waals surface area contributed by atoms with Gasteiger partial charge in [0.05, 0.1) is 11.1 Å². The Labute approximate surface area is 249 Å². The summed E-state index contributed by atoms with van der Waals surface area (Å²) in [7, 11) is 0. The van der Waals surface area contributed by atoms with Crippen LogP contribution in [0.1, 0.15) is 31.8 Å². The summed E-state index contributed by atoms with van der Waals surface area (Å²) < 4.78 is 0. The molecule has 0 heterocycles. The summed E-state index contributed by atoms with van der Waals surface area (Å²) in [5, 5.41) is 19.7. The summed E-state index contributed by atoms with van der Waals surface area (Å²) in [4.78, 5) is 24.0. The van der Waals surface area contributed by atoms with Crippen molar-refractivity contribution in [3.8, 4) is 55.6 Å². The lowest BCUT2D eigenvalue weighted by Crippen LogP contribution is -2.00. The van der Waals surface area contributed by atoms with Gasteiger partial charge in [-0.15, -0.1) is 0 Å². The third kappa shape index (κ3) is 4.59. The van der Waals surface area contributed by atoms with Crippen LogP contribution in [-0.4, -0.2) is 22.2 Å². The van der Waals surface area contributed by atoms with Crippen molar-refractivity contribution in [3.63, 3.8) is 0 Å². The standard InChI is InChI=1S/C39H26O4/c40-38(41)34-17-5-3-15-30(34)24-10-7-12-26(21-24)32-19-20-33-29-14-2-1-9-27(29)23-36(33)37(32)28-13-8-11-25(22-28)31-16-4-6-18-35(31)39(42)43/h1-22H,23H2,(H,40,41)(H,42,43). The van der Waals surface area contributed by atoms with Crippen molar-refractivity contribution in [3.05, 3.63) is 156 Å². The largest absolute Gasteiger partial charge is 0.478 e. The quantitative estimate of drug-likeness (QED) is 0.213. The van der Waals surface area contributed by atoms with Gasteiger partial charge in [0.25, 0.3) is 0 Å². The lowest BCUT2D eigenvalue weighted by Gasteiger charge is -2.18. The van der Waals surface area contributed by atoms with Crippen LogP contribution in [0.2, 0.25) is 0 Å². The minimum Gasteiger partial charge on any atom is -0.478 e. The zero-order valence-electron chi connectivity index (χ0n) is 23.1. The Kier molecular flexibility index (Phi) is 6.44. The highest BCUT2D eigenvalue weighted by atomic mass is 16.4. The number of carboxylic acid groups (broad SMARTS) is 2. The highest BCUT2D eigenvalue weighted by molar-refractivity contribution is 5.99. The maximum Gasteiger partial charge on any atom is 0.336 e. The van der Waals surface area contributed by atoms with Gasteiger partial charge in [0, 0.05) is 0 Å². The molecule has 206 valence electrons. The number of aromatic carboxylic acids is 2. The van der Waals surface area contributed by atoms with Crippen molar-refractivity contribution in [2.24, 2.45) is 0 Å². The summed E-state index contributed by atoms with van der Waals surface area (Å²) in [5.74, 6) is -1.92. The van der Waals surface area contributed by atoms with Crippen LogP contribution in [0.4, 0.5) is 0 Å². The molecule has 7 rings (SSSR count). The van der Waals surface area contributed by atoms with Gasteiger partial charge in [-0.25, -0.2) is 9.59 Å². The molecule has 1 aliphatic carbocycles. The second-order valence-corrected chi connectivity index (χ2v) is 10.7. The molecule has 1 aliphatic rings. The monoisotopic (exact) mass is 558 g/mol. The maximum atomic E-state index is 12.0. The Morgan fingerprint density at radius 2 is 0.907 bits per heavy atom. The molecule has 2 N–H and O–H groups in total. The molecular formula is C39H26O4. The van der Waals surface area contributed by atoms with Crippen molar-refractivity contribution in [2.75, 3.05) is 0 Å². The van der Waals surface area contributed by atoms with Crippen molar-refractivity contribution in [2.45, 2.75) is 6.42 Å². The zero-order valence-corrected chi connectivity index (χ0v) is 23.1. The first-order valence-electron chi connectivity index (χ1n) is 14.1. The van der Waals surface area contributed by atoms with E-state index < -0.39 is 11.9 Å². The molecule has 0 fully saturated rings. The number of benzene rings is 6. The van der Waals surface area contributed by atoms with Crippen molar-refractivity contribution >= 4 is 11.9 Å². The van der Waals surface area contributed by atoms with E-state index in [1.54, 1.807) is 24.3 Å². The summed E-state index contributed by atoms with van der Waals surface area (Å²) in [6.07, 6.45) is 0.784. The number of carboxylic acids is 2. The van der Waals surface area contributed by atoms with E-state index in [4.69, 9.17) is 0 Å². The fraction of sp³-hybridized carbons (Fsp3) is 0.0256. The Bertz CT molecular complexity index is 2070. The van der Waals surface area contributed by atoms with Crippen LogP contribution in [0.3, 0.4) is 0 Å². The van der Waals surface area contributed by atoms with Gasteiger partial charge in [0.2, 0.25) is 0 Å². The third-order valence-corrected chi connectivity index (χ3v) is 8.25. The molecule has 0 unspecified atom stereocenters. The van der Waals surface area contributed by atoms with Crippen LogP contribution in [-0.2, 0) is 6.42 Å². The molecular weight excluding hydrogens is 532 g/mol. The average molecular weight is 559 g/mol. The van der Waals surface area contributed by atoms with Crippen LogP contribution >= 0.6 is 0 Å². The van der Waals surface area contributed by atoms with Crippen LogP contribution in [0.15, 0.2) is 133 Å². The van der Waals surface area contributed by atoms with Gasteiger partial charge in [-0.2, -0.15) is 0 Å². The summed E-state index contributed by atoms with van der Waals surface area (Å²) >= 11 is 0. The molecule has 43 heavy (non-hydrogen) atoms. The lowest BCUT2D eigenvalue weighted by molar-refractivity contribution is 0.0687. The molecule has 6 aromatic rings. The van der Waals surface area contributed by atoms with Gasteiger partial charge < -0.3 is 10.2 Å². The van der Waals surface area contributed by atoms with Gasteiger partial charge in [-0.1, -0.05) is 109 Å². The number of rotatable bonds is 6. The predicted molar refractivity (Wildman–Crippen MR) is 170 cm³/mol. The molecule has 0 bridgehead atoms. The van der Waals surface area contributed by atoms with E-state index in [2.05, 4.69) is 60.7 Å². The number of carbonyl (C=O) groups is 2. The SMILES string of the molecule is O=C(O)c1ccccc1-c1cccc(-c2ccc3c(c2-c2cccc(-c4ccccc4C(=O)O)c2)Cc2ccccc2-3)c1. The lowest BCUT2D eigenvalue weighted by atomic mass is 9.85. The fourth-order valence-electron chi connectivity index (χ4n) is 6.32. The van der Waals surface area contributed by atoms with E-state index in [9.17, 15) is 19.8 Å². The third-order valence-electron chi connectivity index (χ3n) is 8.25. The first-order chi connectivity index (χ1) is 21.0. The van der Waals surface area contributed by atoms with E-state index in [1.807, 2.05) is 48.5 Å². The van der Waals surface area contributed by atoms with Crippen LogP contribution in [0.25, 0.3) is 55.6 Å². The Hall–Kier alpha value is -5.74. The first kappa shape index (κ1) is 26.2. The number of hydrogen-bond acceptors (Lipinski definition) is 2.